The average molecular weight is 199 g/mol. The summed E-state index contributed by atoms with van der Waals surface area (Å²) in [6, 6.07) is 0.398. The van der Waals surface area contributed by atoms with Crippen LogP contribution in [0.5, 0.6) is 0 Å². The van der Waals surface area contributed by atoms with Crippen molar-refractivity contribution < 1.29 is 9.63 Å². The summed E-state index contributed by atoms with van der Waals surface area (Å²) in [4.78, 5) is 16.2. The fraction of sp³-hybridized carbons (Fsp3) is 0.909. The van der Waals surface area contributed by atoms with Crippen LogP contribution in [-0.2, 0) is 9.63 Å². The van der Waals surface area contributed by atoms with Crippen LogP contribution < -0.4 is 5.48 Å². The zero-order valence-electron chi connectivity index (χ0n) is 9.05. The van der Waals surface area contributed by atoms with Crippen molar-refractivity contribution in [3.63, 3.8) is 0 Å². The van der Waals surface area contributed by atoms with Gasteiger partial charge in [0.2, 0.25) is 0 Å². The molecule has 0 aromatic rings. The first-order valence-electron chi connectivity index (χ1n) is 5.78. The van der Waals surface area contributed by atoms with Crippen molar-refractivity contribution in [2.24, 2.45) is 0 Å². The number of hydrogen-bond donors (Lipinski definition) is 1. The Morgan fingerprint density at radius 1 is 1.36 bits per heavy atom. The molecule has 0 aliphatic heterocycles. The van der Waals surface area contributed by atoms with Crippen LogP contribution >= 0.6 is 0 Å². The number of nitrogens with one attached hydrogen (secondary N) is 1. The van der Waals surface area contributed by atoms with Crippen LogP contribution in [0.25, 0.3) is 0 Å². The van der Waals surface area contributed by atoms with E-state index in [-0.39, 0.29) is 5.97 Å². The van der Waals surface area contributed by atoms with E-state index in [1.165, 1.54) is 19.3 Å². The van der Waals surface area contributed by atoms with Crippen molar-refractivity contribution in [2.75, 3.05) is 0 Å². The van der Waals surface area contributed by atoms with Crippen molar-refractivity contribution in [2.45, 2.75) is 64.3 Å². The molecule has 0 heterocycles. The molecule has 1 N–H and O–H groups in total. The molecule has 1 fully saturated rings. The van der Waals surface area contributed by atoms with Crippen LogP contribution in [0.15, 0.2) is 0 Å². The Morgan fingerprint density at radius 2 is 2.07 bits per heavy atom. The third kappa shape index (κ3) is 4.61. The predicted octanol–water partition coefficient (Wildman–Crippen LogP) is 2.56. The minimum Gasteiger partial charge on any atom is -0.370 e. The van der Waals surface area contributed by atoms with Gasteiger partial charge in [-0.15, -0.1) is 0 Å². The first kappa shape index (κ1) is 11.5. The van der Waals surface area contributed by atoms with Crippen LogP contribution in [0.2, 0.25) is 0 Å². The van der Waals surface area contributed by atoms with E-state index in [1.54, 1.807) is 0 Å². The van der Waals surface area contributed by atoms with Crippen LogP contribution in [-0.4, -0.2) is 12.0 Å². The van der Waals surface area contributed by atoms with Crippen molar-refractivity contribution in [3.05, 3.63) is 0 Å². The van der Waals surface area contributed by atoms with E-state index in [2.05, 4.69) is 12.4 Å². The molecular formula is C11H21NO2. The maximum absolute atomic E-state index is 11.2. The smallest absolute Gasteiger partial charge is 0.324 e. The lowest BCUT2D eigenvalue weighted by Crippen LogP contribution is -2.33. The standard InChI is InChI=1S/C11H21NO2/c1-2-3-9-11(13)14-12-10-7-5-4-6-8-10/h10,12H,2-9H2,1H3. The molecule has 0 aromatic heterocycles. The van der Waals surface area contributed by atoms with Gasteiger partial charge in [0, 0.05) is 12.5 Å². The van der Waals surface area contributed by atoms with Crippen molar-refractivity contribution >= 4 is 5.97 Å². The van der Waals surface area contributed by atoms with Gasteiger partial charge in [-0.25, -0.2) is 0 Å². The molecule has 1 aliphatic carbocycles. The van der Waals surface area contributed by atoms with Crippen molar-refractivity contribution in [1.29, 1.82) is 0 Å². The molecule has 0 radical (unpaired) electrons. The van der Waals surface area contributed by atoms with Gasteiger partial charge in [-0.3, -0.25) is 4.79 Å². The molecule has 1 saturated carbocycles. The molecule has 3 heteroatoms. The lowest BCUT2D eigenvalue weighted by molar-refractivity contribution is -0.153. The number of hydrogen-bond acceptors (Lipinski definition) is 3. The number of unbranched alkanes of at least 4 members (excludes halogenated alkanes) is 1. The topological polar surface area (TPSA) is 38.3 Å². The van der Waals surface area contributed by atoms with Gasteiger partial charge in [0.1, 0.15) is 0 Å². The summed E-state index contributed by atoms with van der Waals surface area (Å²) in [5.74, 6) is -0.113. The van der Waals surface area contributed by atoms with Crippen molar-refractivity contribution in [1.82, 2.24) is 5.48 Å². The van der Waals surface area contributed by atoms with Crippen molar-refractivity contribution in [3.8, 4) is 0 Å². The van der Waals surface area contributed by atoms with Gasteiger partial charge in [0.05, 0.1) is 0 Å². The summed E-state index contributed by atoms with van der Waals surface area (Å²) in [6.45, 7) is 2.07. The second-order valence-corrected chi connectivity index (χ2v) is 4.03. The highest BCUT2D eigenvalue weighted by Crippen LogP contribution is 2.17. The minimum atomic E-state index is -0.113. The second-order valence-electron chi connectivity index (χ2n) is 4.03. The molecular weight excluding hydrogens is 178 g/mol. The summed E-state index contributed by atoms with van der Waals surface area (Å²) < 4.78 is 0. The number of rotatable bonds is 5. The zero-order chi connectivity index (χ0) is 10.2. The Hall–Kier alpha value is -0.570. The fourth-order valence-corrected chi connectivity index (χ4v) is 1.74. The molecule has 1 aliphatic rings. The quantitative estimate of drug-likeness (QED) is 0.691. The van der Waals surface area contributed by atoms with Gasteiger partial charge in [0.25, 0.3) is 0 Å². The van der Waals surface area contributed by atoms with E-state index in [1.807, 2.05) is 0 Å². The van der Waals surface area contributed by atoms with E-state index in [9.17, 15) is 4.79 Å². The van der Waals surface area contributed by atoms with Crippen LogP contribution in [0.4, 0.5) is 0 Å². The molecule has 0 saturated heterocycles. The molecule has 0 unspecified atom stereocenters. The molecule has 82 valence electrons. The minimum absolute atomic E-state index is 0.113. The largest absolute Gasteiger partial charge is 0.370 e. The summed E-state index contributed by atoms with van der Waals surface area (Å²) >= 11 is 0. The molecule has 0 amide bonds. The van der Waals surface area contributed by atoms with Gasteiger partial charge >= 0.3 is 5.97 Å². The highest BCUT2D eigenvalue weighted by molar-refractivity contribution is 5.68. The molecule has 0 bridgehead atoms. The lowest BCUT2D eigenvalue weighted by atomic mass is 9.96. The first-order chi connectivity index (χ1) is 6.83. The van der Waals surface area contributed by atoms with Gasteiger partial charge in [-0.1, -0.05) is 32.6 Å². The third-order valence-corrected chi connectivity index (χ3v) is 2.68. The van der Waals surface area contributed by atoms with Crippen LogP contribution in [0.3, 0.4) is 0 Å². The average Bonchev–Trinajstić information content (AvgIpc) is 2.25. The molecule has 0 atom stereocenters. The van der Waals surface area contributed by atoms with Gasteiger partial charge in [0.15, 0.2) is 0 Å². The summed E-state index contributed by atoms with van der Waals surface area (Å²) in [5, 5.41) is 0. The zero-order valence-corrected chi connectivity index (χ0v) is 9.05. The van der Waals surface area contributed by atoms with E-state index < -0.39 is 0 Å². The highest BCUT2D eigenvalue weighted by atomic mass is 16.7. The summed E-state index contributed by atoms with van der Waals surface area (Å²) in [6.07, 6.45) is 8.61. The number of carbonyl (C=O) groups is 1. The number of hydroxylamine groups is 1. The second kappa shape index (κ2) is 6.82. The first-order valence-corrected chi connectivity index (χ1v) is 5.78. The van der Waals surface area contributed by atoms with E-state index in [0.717, 1.165) is 25.7 Å². The maximum atomic E-state index is 11.2. The molecule has 1 rings (SSSR count). The molecule has 0 spiro atoms. The Bertz CT molecular complexity index is 165. The van der Waals surface area contributed by atoms with E-state index in [0.29, 0.717) is 12.5 Å². The number of carbonyl (C=O) groups excluding carboxylic acids is 1. The SMILES string of the molecule is CCCCC(=O)ONC1CCCCC1. The predicted molar refractivity (Wildman–Crippen MR) is 55.6 cm³/mol. The summed E-state index contributed by atoms with van der Waals surface area (Å²) in [5.41, 5.74) is 2.88. The fourth-order valence-electron chi connectivity index (χ4n) is 1.74. The molecule has 0 aromatic carbocycles. The van der Waals surface area contributed by atoms with E-state index in [4.69, 9.17) is 4.84 Å². The maximum Gasteiger partial charge on any atom is 0.324 e. The Balaban J connectivity index is 2.03. The van der Waals surface area contributed by atoms with Gasteiger partial charge in [-0.05, 0) is 19.3 Å². The van der Waals surface area contributed by atoms with Gasteiger partial charge < -0.3 is 4.84 Å². The van der Waals surface area contributed by atoms with E-state index >= 15 is 0 Å². The van der Waals surface area contributed by atoms with Crippen LogP contribution in [0.1, 0.15) is 58.3 Å². The van der Waals surface area contributed by atoms with Gasteiger partial charge in [-0.2, -0.15) is 5.48 Å². The molecule has 3 nitrogen and oxygen atoms in total. The Labute approximate surface area is 86.2 Å². The Morgan fingerprint density at radius 3 is 2.71 bits per heavy atom. The molecule has 14 heavy (non-hydrogen) atoms. The third-order valence-electron chi connectivity index (χ3n) is 2.68. The Kier molecular flexibility index (Phi) is 5.60. The van der Waals surface area contributed by atoms with Crippen LogP contribution in [0, 0.1) is 0 Å². The highest BCUT2D eigenvalue weighted by Gasteiger charge is 2.14. The summed E-state index contributed by atoms with van der Waals surface area (Å²) in [7, 11) is 0. The normalized spacial score (nSPS) is 18.1. The lowest BCUT2D eigenvalue weighted by Gasteiger charge is -2.21. The monoisotopic (exact) mass is 199 g/mol.